The number of hydrogen-bond acceptors (Lipinski definition) is 6. The van der Waals surface area contributed by atoms with Gasteiger partial charge in [-0.3, -0.25) is 9.59 Å². The van der Waals surface area contributed by atoms with Crippen LogP contribution in [0.3, 0.4) is 0 Å². The van der Waals surface area contributed by atoms with Crippen LogP contribution in [0.4, 0.5) is 0 Å². The number of rotatable bonds is 38. The molecule has 0 rings (SSSR count). The van der Waals surface area contributed by atoms with Gasteiger partial charge >= 0.3 is 17.9 Å². The minimum Gasteiger partial charge on any atom is -0.477 e. The Morgan fingerprint density at radius 2 is 0.982 bits per heavy atom. The molecule has 57 heavy (non-hydrogen) atoms. The summed E-state index contributed by atoms with van der Waals surface area (Å²) in [4.78, 5) is 36.9. The molecule has 0 saturated heterocycles. The molecular weight excluding hydrogens is 715 g/mol. The first kappa shape index (κ1) is 53.5. The van der Waals surface area contributed by atoms with Crippen LogP contribution < -0.4 is 0 Å². The number of aliphatic carboxylic acids is 1. The molecule has 0 amide bonds. The number of carbonyl (C=O) groups is 3. The van der Waals surface area contributed by atoms with Crippen LogP contribution in [0.25, 0.3) is 0 Å². The first-order valence-electron chi connectivity index (χ1n) is 22.1. The highest BCUT2D eigenvalue weighted by atomic mass is 16.6. The van der Waals surface area contributed by atoms with Gasteiger partial charge < -0.3 is 23.8 Å². The molecule has 2 atom stereocenters. The third kappa shape index (κ3) is 37.8. The van der Waals surface area contributed by atoms with Gasteiger partial charge in [-0.2, -0.15) is 0 Å². The molecule has 0 aromatic carbocycles. The summed E-state index contributed by atoms with van der Waals surface area (Å²) in [5, 5.41) is 9.61. The molecule has 2 unspecified atom stereocenters. The molecule has 8 heteroatoms. The monoisotopic (exact) mass is 797 g/mol. The molecule has 1 N–H and O–H groups in total. The van der Waals surface area contributed by atoms with Crippen molar-refractivity contribution in [1.82, 2.24) is 0 Å². The van der Waals surface area contributed by atoms with Crippen molar-refractivity contribution in [3.8, 4) is 0 Å². The lowest BCUT2D eigenvalue weighted by molar-refractivity contribution is -0.887. The summed E-state index contributed by atoms with van der Waals surface area (Å²) in [6.45, 7) is 4.51. The summed E-state index contributed by atoms with van der Waals surface area (Å²) < 4.78 is 17.2. The molecule has 8 nitrogen and oxygen atoms in total. The molecule has 0 saturated carbocycles. The third-order valence-corrected chi connectivity index (χ3v) is 9.28. The van der Waals surface area contributed by atoms with Crippen molar-refractivity contribution in [1.29, 1.82) is 0 Å². The molecule has 0 radical (unpaired) electrons. The number of carboxylic acid groups (broad SMARTS) is 1. The molecule has 324 valence electrons. The van der Waals surface area contributed by atoms with Gasteiger partial charge in [-0.25, -0.2) is 4.79 Å². The van der Waals surface area contributed by atoms with Gasteiger partial charge in [0, 0.05) is 19.3 Å². The molecule has 0 aromatic rings. The Morgan fingerprint density at radius 1 is 0.544 bits per heavy atom. The molecule has 0 aliphatic heterocycles. The van der Waals surface area contributed by atoms with Crippen molar-refractivity contribution in [2.75, 3.05) is 41.0 Å². The average Bonchev–Trinajstić information content (AvgIpc) is 3.17. The van der Waals surface area contributed by atoms with Gasteiger partial charge in [-0.15, -0.1) is 0 Å². The standard InChI is InChI=1S/C49H81NO7/c1-6-8-10-12-14-16-18-20-21-22-23-24-25-26-27-28-30-32-34-36-38-40-48(52)57-45(43-55-42-41-46(49(53)54)50(3,4)5)44-56-47(51)39-37-35-33-31-29-19-17-15-13-11-9-7-2/h9,11,14-17,20-21,23-24,26-27,29,31,45-46H,6-8,10,12-13,18-19,22,25,28,30,32-44H2,1-5H3/p+1/b11-9+,16-14+,17-15+,21-20+,24-23+,27-26+,31-29+. The minimum absolute atomic E-state index is 0.0358. The quantitative estimate of drug-likeness (QED) is 0.0287. The van der Waals surface area contributed by atoms with E-state index in [0.29, 0.717) is 25.7 Å². The summed E-state index contributed by atoms with van der Waals surface area (Å²) >= 11 is 0. The Morgan fingerprint density at radius 3 is 1.49 bits per heavy atom. The van der Waals surface area contributed by atoms with Crippen LogP contribution in [0.1, 0.15) is 155 Å². The Balaban J connectivity index is 4.42. The zero-order valence-corrected chi connectivity index (χ0v) is 36.8. The molecule has 0 heterocycles. The number of hydrogen-bond donors (Lipinski definition) is 1. The summed E-state index contributed by atoms with van der Waals surface area (Å²) in [5.74, 6) is -1.55. The molecule has 0 aliphatic carbocycles. The number of ether oxygens (including phenoxy) is 3. The van der Waals surface area contributed by atoms with Gasteiger partial charge in [-0.1, -0.05) is 131 Å². The van der Waals surface area contributed by atoms with E-state index < -0.39 is 18.1 Å². The van der Waals surface area contributed by atoms with Gasteiger partial charge in [0.1, 0.15) is 6.61 Å². The number of allylic oxidation sites excluding steroid dienone is 14. The molecule has 0 bridgehead atoms. The van der Waals surface area contributed by atoms with Crippen molar-refractivity contribution in [3.63, 3.8) is 0 Å². The number of quaternary nitrogens is 1. The van der Waals surface area contributed by atoms with Crippen LogP contribution >= 0.6 is 0 Å². The summed E-state index contributed by atoms with van der Waals surface area (Å²) in [6, 6.07) is -0.628. The van der Waals surface area contributed by atoms with Crippen molar-refractivity contribution >= 4 is 17.9 Å². The second-order valence-corrected chi connectivity index (χ2v) is 15.6. The van der Waals surface area contributed by atoms with Crippen molar-refractivity contribution in [2.24, 2.45) is 0 Å². The zero-order chi connectivity index (χ0) is 42.1. The lowest BCUT2D eigenvalue weighted by Crippen LogP contribution is -2.50. The normalized spacial score (nSPS) is 13.8. The average molecular weight is 797 g/mol. The largest absolute Gasteiger partial charge is 0.477 e. The van der Waals surface area contributed by atoms with Crippen LogP contribution in [-0.4, -0.2) is 80.6 Å². The van der Waals surface area contributed by atoms with Gasteiger partial charge in [0.15, 0.2) is 12.1 Å². The second kappa shape index (κ2) is 39.3. The first-order valence-corrected chi connectivity index (χ1v) is 22.1. The maximum Gasteiger partial charge on any atom is 0.362 e. The summed E-state index contributed by atoms with van der Waals surface area (Å²) in [6.07, 6.45) is 50.6. The Labute approximate surface area is 348 Å². The number of carbonyl (C=O) groups excluding carboxylic acids is 2. The summed E-state index contributed by atoms with van der Waals surface area (Å²) in [5.41, 5.74) is 0. The fraction of sp³-hybridized carbons (Fsp3) is 0.653. The molecular formula is C49H82NO7+. The van der Waals surface area contributed by atoms with E-state index in [1.165, 1.54) is 25.7 Å². The SMILES string of the molecule is CC/C=C/C/C=C/C/C=C/CCCCC(=O)OCC(COCCC(C(=O)O)[N+](C)(C)C)OC(=O)CCCCCCC/C=C/C/C=C/C/C=C/C/C=C/CCCCC. The lowest BCUT2D eigenvalue weighted by atomic mass is 10.1. The molecule has 0 aliphatic rings. The highest BCUT2D eigenvalue weighted by molar-refractivity contribution is 5.72. The molecule has 0 fully saturated rings. The third-order valence-electron chi connectivity index (χ3n) is 9.28. The van der Waals surface area contributed by atoms with Gasteiger partial charge in [-0.05, 0) is 89.9 Å². The van der Waals surface area contributed by atoms with Crippen LogP contribution in [0.2, 0.25) is 0 Å². The van der Waals surface area contributed by atoms with E-state index in [1.807, 2.05) is 21.1 Å². The Bertz CT molecular complexity index is 1200. The van der Waals surface area contributed by atoms with Gasteiger partial charge in [0.25, 0.3) is 0 Å². The zero-order valence-electron chi connectivity index (χ0n) is 36.8. The van der Waals surface area contributed by atoms with E-state index in [-0.39, 0.29) is 36.2 Å². The maximum absolute atomic E-state index is 12.7. The van der Waals surface area contributed by atoms with Gasteiger partial charge in [0.05, 0.1) is 34.4 Å². The highest BCUT2D eigenvalue weighted by Crippen LogP contribution is 2.12. The number of likely N-dealkylation sites (N-methyl/N-ethyl adjacent to an activating group) is 1. The first-order chi connectivity index (χ1) is 27.6. The van der Waals surface area contributed by atoms with Crippen molar-refractivity contribution < 1.29 is 38.2 Å². The van der Waals surface area contributed by atoms with Crippen LogP contribution in [0.5, 0.6) is 0 Å². The van der Waals surface area contributed by atoms with E-state index in [0.717, 1.165) is 89.9 Å². The van der Waals surface area contributed by atoms with Crippen LogP contribution in [-0.2, 0) is 28.6 Å². The van der Waals surface area contributed by atoms with E-state index in [9.17, 15) is 19.5 Å². The number of nitrogens with zero attached hydrogens (tertiary/aromatic N) is 1. The fourth-order valence-corrected chi connectivity index (χ4v) is 5.85. The number of unbranched alkanes of at least 4 members (excludes halogenated alkanes) is 10. The van der Waals surface area contributed by atoms with Crippen molar-refractivity contribution in [3.05, 3.63) is 85.1 Å². The van der Waals surface area contributed by atoms with Crippen molar-refractivity contribution in [2.45, 2.75) is 167 Å². The fourth-order valence-electron chi connectivity index (χ4n) is 5.85. The molecule has 0 spiro atoms. The maximum atomic E-state index is 12.7. The van der Waals surface area contributed by atoms with Gasteiger partial charge in [0.2, 0.25) is 0 Å². The van der Waals surface area contributed by atoms with E-state index >= 15 is 0 Å². The van der Waals surface area contributed by atoms with E-state index in [4.69, 9.17) is 14.2 Å². The summed E-state index contributed by atoms with van der Waals surface area (Å²) in [7, 11) is 5.50. The smallest absolute Gasteiger partial charge is 0.362 e. The van der Waals surface area contributed by atoms with Crippen LogP contribution in [0, 0.1) is 0 Å². The van der Waals surface area contributed by atoms with E-state index in [2.05, 4.69) is 98.9 Å². The predicted octanol–water partition coefficient (Wildman–Crippen LogP) is 12.1. The number of esters is 2. The Hall–Kier alpha value is -3.49. The topological polar surface area (TPSA) is 99.1 Å². The highest BCUT2D eigenvalue weighted by Gasteiger charge is 2.31. The molecule has 0 aromatic heterocycles. The predicted molar refractivity (Wildman–Crippen MR) is 238 cm³/mol. The van der Waals surface area contributed by atoms with Crippen LogP contribution in [0.15, 0.2) is 85.1 Å². The second-order valence-electron chi connectivity index (χ2n) is 15.6. The minimum atomic E-state index is -0.888. The Kier molecular flexibility index (Phi) is 36.9. The number of carboxylic acids is 1. The lowest BCUT2D eigenvalue weighted by Gasteiger charge is -2.31. The van der Waals surface area contributed by atoms with E-state index in [1.54, 1.807) is 0 Å².